The Morgan fingerprint density at radius 1 is 1.33 bits per heavy atom. The maximum atomic E-state index is 10.9. The molecule has 0 saturated heterocycles. The molecular formula is C8H14N2OS. The largest absolute Gasteiger partial charge is 0.273 e. The monoisotopic (exact) mass is 186 g/mol. The van der Waals surface area contributed by atoms with Crippen molar-refractivity contribution in [3.05, 3.63) is 0 Å². The van der Waals surface area contributed by atoms with Crippen LogP contribution in [0.15, 0.2) is 9.98 Å². The van der Waals surface area contributed by atoms with Crippen molar-refractivity contribution in [1.29, 1.82) is 0 Å². The van der Waals surface area contributed by atoms with Gasteiger partial charge in [0, 0.05) is 12.1 Å². The quantitative estimate of drug-likeness (QED) is 0.465. The van der Waals surface area contributed by atoms with Gasteiger partial charge in [0.1, 0.15) is 0 Å². The first kappa shape index (κ1) is 11.4. The third kappa shape index (κ3) is 5.07. The number of aliphatic imine (C=N–C) groups is 2. The smallest absolute Gasteiger partial charge is 0.247 e. The van der Waals surface area contributed by atoms with Gasteiger partial charge in [0.15, 0.2) is 5.17 Å². The molecular weight excluding hydrogens is 172 g/mol. The van der Waals surface area contributed by atoms with Gasteiger partial charge in [-0.3, -0.25) is 4.79 Å². The molecule has 0 spiro atoms. The van der Waals surface area contributed by atoms with Crippen molar-refractivity contribution in [2.24, 2.45) is 9.98 Å². The molecule has 0 aromatic rings. The second-order valence-electron chi connectivity index (χ2n) is 2.40. The van der Waals surface area contributed by atoms with Gasteiger partial charge in [0.25, 0.3) is 0 Å². The van der Waals surface area contributed by atoms with Crippen LogP contribution in [0, 0.1) is 0 Å². The van der Waals surface area contributed by atoms with Crippen molar-refractivity contribution in [3.63, 3.8) is 0 Å². The van der Waals surface area contributed by atoms with Crippen molar-refractivity contribution in [2.75, 3.05) is 6.26 Å². The van der Waals surface area contributed by atoms with Crippen LogP contribution in [0.25, 0.3) is 0 Å². The van der Waals surface area contributed by atoms with Crippen LogP contribution < -0.4 is 0 Å². The maximum Gasteiger partial charge on any atom is 0.247 e. The fourth-order valence-corrected chi connectivity index (χ4v) is 0.960. The van der Waals surface area contributed by atoms with Gasteiger partial charge in [-0.05, 0) is 20.1 Å². The summed E-state index contributed by atoms with van der Waals surface area (Å²) in [5.74, 6) is -0.121. The minimum atomic E-state index is -0.121. The van der Waals surface area contributed by atoms with Crippen molar-refractivity contribution < 1.29 is 4.79 Å². The Hall–Kier alpha value is -0.640. The van der Waals surface area contributed by atoms with Gasteiger partial charge in [0.05, 0.1) is 0 Å². The van der Waals surface area contributed by atoms with Crippen LogP contribution in [0.5, 0.6) is 0 Å². The summed E-state index contributed by atoms with van der Waals surface area (Å²) in [4.78, 5) is 18.8. The van der Waals surface area contributed by atoms with Crippen molar-refractivity contribution in [2.45, 2.75) is 27.2 Å². The molecule has 0 heterocycles. The lowest BCUT2D eigenvalue weighted by atomic mass is 10.5. The molecule has 0 radical (unpaired) electrons. The molecule has 0 unspecified atom stereocenters. The Bertz CT molecular complexity index is 217. The van der Waals surface area contributed by atoms with E-state index in [2.05, 4.69) is 9.98 Å². The molecule has 0 fully saturated rings. The number of thioether (sulfide) groups is 1. The fraction of sp³-hybridized carbons (Fsp3) is 0.625. The predicted octanol–water partition coefficient (Wildman–Crippen LogP) is 2.12. The van der Waals surface area contributed by atoms with Gasteiger partial charge in [-0.2, -0.15) is 4.99 Å². The fourth-order valence-electron chi connectivity index (χ4n) is 0.493. The first-order chi connectivity index (χ1) is 5.60. The molecule has 0 bridgehead atoms. The predicted molar refractivity (Wildman–Crippen MR) is 55.0 cm³/mol. The zero-order chi connectivity index (χ0) is 9.56. The highest BCUT2D eigenvalue weighted by Crippen LogP contribution is 2.01. The lowest BCUT2D eigenvalue weighted by Gasteiger charge is -1.95. The lowest BCUT2D eigenvalue weighted by molar-refractivity contribution is -0.117. The molecule has 4 heteroatoms. The van der Waals surface area contributed by atoms with Gasteiger partial charge < -0.3 is 0 Å². The summed E-state index contributed by atoms with van der Waals surface area (Å²) in [6, 6.07) is 0. The Kier molecular flexibility index (Phi) is 5.62. The van der Waals surface area contributed by atoms with E-state index in [9.17, 15) is 4.79 Å². The molecule has 68 valence electrons. The van der Waals surface area contributed by atoms with E-state index in [0.29, 0.717) is 11.6 Å². The van der Waals surface area contributed by atoms with Crippen LogP contribution in [0.1, 0.15) is 27.2 Å². The summed E-state index contributed by atoms with van der Waals surface area (Å²) in [5, 5.41) is 0.543. The SMILES string of the molecule is CCC(=O)N=C(N=C(C)C)SC. The topological polar surface area (TPSA) is 41.8 Å². The second kappa shape index (κ2) is 5.94. The summed E-state index contributed by atoms with van der Waals surface area (Å²) < 4.78 is 0. The van der Waals surface area contributed by atoms with E-state index in [1.54, 1.807) is 6.92 Å². The van der Waals surface area contributed by atoms with Gasteiger partial charge >= 0.3 is 0 Å². The highest BCUT2D eigenvalue weighted by atomic mass is 32.2. The van der Waals surface area contributed by atoms with Crippen LogP contribution in [0.3, 0.4) is 0 Å². The second-order valence-corrected chi connectivity index (χ2v) is 3.18. The zero-order valence-electron chi connectivity index (χ0n) is 7.92. The standard InChI is InChI=1S/C8H14N2OS/c1-5-7(11)10-8(12-4)9-6(2)3/h5H2,1-4H3. The first-order valence-corrected chi connectivity index (χ1v) is 5.00. The molecule has 0 aliphatic rings. The van der Waals surface area contributed by atoms with Gasteiger partial charge in [-0.15, -0.1) is 0 Å². The van der Waals surface area contributed by atoms with Crippen LogP contribution >= 0.6 is 11.8 Å². The molecule has 0 aliphatic carbocycles. The number of carbonyl (C=O) groups is 1. The van der Waals surface area contributed by atoms with Crippen molar-refractivity contribution in [3.8, 4) is 0 Å². The Balaban J connectivity index is 4.44. The Morgan fingerprint density at radius 2 is 1.92 bits per heavy atom. The van der Waals surface area contributed by atoms with E-state index in [-0.39, 0.29) is 5.91 Å². The van der Waals surface area contributed by atoms with Crippen LogP contribution in [-0.2, 0) is 4.79 Å². The summed E-state index contributed by atoms with van der Waals surface area (Å²) in [6.07, 6.45) is 2.29. The van der Waals surface area contributed by atoms with Gasteiger partial charge in [-0.25, -0.2) is 4.99 Å². The van der Waals surface area contributed by atoms with Gasteiger partial charge in [-0.1, -0.05) is 18.7 Å². The van der Waals surface area contributed by atoms with E-state index < -0.39 is 0 Å². The summed E-state index contributed by atoms with van der Waals surface area (Å²) >= 11 is 1.38. The van der Waals surface area contributed by atoms with Crippen LogP contribution in [-0.4, -0.2) is 23.0 Å². The zero-order valence-corrected chi connectivity index (χ0v) is 8.73. The average molecular weight is 186 g/mol. The molecule has 0 N–H and O–H groups in total. The van der Waals surface area contributed by atoms with E-state index >= 15 is 0 Å². The van der Waals surface area contributed by atoms with E-state index in [4.69, 9.17) is 0 Å². The minimum Gasteiger partial charge on any atom is -0.273 e. The Labute approximate surface area is 77.4 Å². The minimum absolute atomic E-state index is 0.121. The van der Waals surface area contributed by atoms with Crippen molar-refractivity contribution >= 4 is 28.5 Å². The highest BCUT2D eigenvalue weighted by Gasteiger charge is 1.98. The summed E-state index contributed by atoms with van der Waals surface area (Å²) in [6.45, 7) is 5.54. The number of hydrogen-bond donors (Lipinski definition) is 0. The molecule has 0 aromatic heterocycles. The molecule has 0 saturated carbocycles. The number of hydrogen-bond acceptors (Lipinski definition) is 2. The number of carbonyl (C=O) groups excluding carboxylic acids is 1. The van der Waals surface area contributed by atoms with Crippen molar-refractivity contribution in [1.82, 2.24) is 0 Å². The van der Waals surface area contributed by atoms with Crippen LogP contribution in [0.2, 0.25) is 0 Å². The molecule has 0 aliphatic heterocycles. The third-order valence-electron chi connectivity index (χ3n) is 1.02. The van der Waals surface area contributed by atoms with E-state index in [1.807, 2.05) is 20.1 Å². The summed E-state index contributed by atoms with van der Waals surface area (Å²) in [7, 11) is 0. The normalized spacial score (nSPS) is 11.2. The highest BCUT2D eigenvalue weighted by molar-refractivity contribution is 8.13. The third-order valence-corrected chi connectivity index (χ3v) is 1.57. The molecule has 1 amide bonds. The number of amidine groups is 1. The molecule has 12 heavy (non-hydrogen) atoms. The summed E-state index contributed by atoms with van der Waals surface area (Å²) in [5.41, 5.74) is 0.909. The van der Waals surface area contributed by atoms with Gasteiger partial charge in [0.2, 0.25) is 5.91 Å². The van der Waals surface area contributed by atoms with E-state index in [0.717, 1.165) is 5.71 Å². The molecule has 0 aromatic carbocycles. The number of rotatable bonds is 1. The maximum absolute atomic E-state index is 10.9. The molecule has 0 rings (SSSR count). The molecule has 0 atom stereocenters. The number of amides is 1. The van der Waals surface area contributed by atoms with E-state index in [1.165, 1.54) is 11.8 Å². The average Bonchev–Trinajstić information content (AvgIpc) is 2.02. The first-order valence-electron chi connectivity index (χ1n) is 3.77. The number of nitrogens with zero attached hydrogens (tertiary/aromatic N) is 2. The van der Waals surface area contributed by atoms with Crippen LogP contribution in [0.4, 0.5) is 0 Å². The molecule has 3 nitrogen and oxygen atoms in total. The lowest BCUT2D eigenvalue weighted by Crippen LogP contribution is -1.97. The Morgan fingerprint density at radius 3 is 2.25 bits per heavy atom.